The Morgan fingerprint density at radius 1 is 1.02 bits per heavy atom. The second kappa shape index (κ2) is 18.0. The van der Waals surface area contributed by atoms with Gasteiger partial charge in [0.1, 0.15) is 12.4 Å². The maximum Gasteiger partial charge on any atom is 0.490 e. The number of amidine groups is 1. The predicted molar refractivity (Wildman–Crippen MR) is 181 cm³/mol. The van der Waals surface area contributed by atoms with E-state index in [9.17, 15) is 27.6 Å². The maximum atomic E-state index is 13.4. The second-order valence-electron chi connectivity index (χ2n) is 11.9. The lowest BCUT2D eigenvalue weighted by Crippen LogP contribution is -2.35. The number of carboxylic acids is 2. The molecule has 1 aromatic heterocycles. The van der Waals surface area contributed by atoms with E-state index in [1.54, 1.807) is 63.2 Å². The van der Waals surface area contributed by atoms with Gasteiger partial charge >= 0.3 is 12.1 Å². The Labute approximate surface area is 285 Å². The molecule has 15 nitrogen and oxygen atoms in total. The van der Waals surface area contributed by atoms with Crippen molar-refractivity contribution in [2.75, 3.05) is 16.4 Å². The fraction of sp³-hybridized carbons (Fsp3) is 0.344. The average Bonchev–Trinajstić information content (AvgIpc) is 2.97. The SMILES string of the molecule is CC(=O)O.CC(C)Nc1ncc(-c2cc(N)cc(NC(=O)C(C)(C)C)c2)n(CC(=O)NCc2ccc(C(=N)N)cc2)c1=O.O=C(O)C(F)(F)F. The number of aromatic nitrogens is 2. The number of carbonyl (C=O) groups excluding carboxylic acids is 2. The lowest BCUT2D eigenvalue weighted by Gasteiger charge is -2.19. The van der Waals surface area contributed by atoms with E-state index in [0.717, 1.165) is 12.5 Å². The van der Waals surface area contributed by atoms with Crippen LogP contribution in [0, 0.1) is 10.8 Å². The lowest BCUT2D eigenvalue weighted by molar-refractivity contribution is -0.192. The molecule has 10 N–H and O–H groups in total. The van der Waals surface area contributed by atoms with Crippen LogP contribution in [-0.2, 0) is 32.3 Å². The van der Waals surface area contributed by atoms with Gasteiger partial charge in [0.15, 0.2) is 5.82 Å². The van der Waals surface area contributed by atoms with Crippen molar-refractivity contribution in [3.63, 3.8) is 0 Å². The van der Waals surface area contributed by atoms with Gasteiger partial charge in [-0.1, -0.05) is 45.0 Å². The molecule has 0 radical (unpaired) electrons. The highest BCUT2D eigenvalue weighted by molar-refractivity contribution is 5.96. The Kier molecular flexibility index (Phi) is 15.1. The molecule has 18 heteroatoms. The summed E-state index contributed by atoms with van der Waals surface area (Å²) >= 11 is 0. The third kappa shape index (κ3) is 14.4. The van der Waals surface area contributed by atoms with Gasteiger partial charge in [-0.3, -0.25) is 29.2 Å². The molecule has 50 heavy (non-hydrogen) atoms. The topological polar surface area (TPSA) is 256 Å². The summed E-state index contributed by atoms with van der Waals surface area (Å²) in [5.41, 5.74) is 13.7. The van der Waals surface area contributed by atoms with Crippen LogP contribution in [0.5, 0.6) is 0 Å². The molecule has 2 aromatic carbocycles. The van der Waals surface area contributed by atoms with E-state index in [1.165, 1.54) is 10.8 Å². The van der Waals surface area contributed by atoms with Gasteiger partial charge in [0.2, 0.25) is 11.8 Å². The van der Waals surface area contributed by atoms with Gasteiger partial charge in [-0.15, -0.1) is 0 Å². The number of amides is 2. The zero-order valence-corrected chi connectivity index (χ0v) is 28.2. The molecule has 0 aliphatic rings. The first-order valence-electron chi connectivity index (χ1n) is 14.7. The second-order valence-corrected chi connectivity index (χ2v) is 11.9. The number of anilines is 3. The summed E-state index contributed by atoms with van der Waals surface area (Å²) in [5.74, 6) is -4.09. The van der Waals surface area contributed by atoms with E-state index in [0.29, 0.717) is 28.2 Å². The van der Waals surface area contributed by atoms with Crippen LogP contribution in [0.3, 0.4) is 0 Å². The minimum atomic E-state index is -5.08. The first kappa shape index (κ1) is 42.1. The molecular weight excluding hydrogens is 665 g/mol. The molecule has 0 atom stereocenters. The third-order valence-corrected chi connectivity index (χ3v) is 5.97. The van der Waals surface area contributed by atoms with E-state index in [2.05, 4.69) is 20.9 Å². The average molecular weight is 707 g/mol. The summed E-state index contributed by atoms with van der Waals surface area (Å²) < 4.78 is 33.1. The number of hydrogen-bond acceptors (Lipinski definition) is 9. The minimum Gasteiger partial charge on any atom is -0.481 e. The van der Waals surface area contributed by atoms with Gasteiger partial charge in [-0.2, -0.15) is 13.2 Å². The van der Waals surface area contributed by atoms with Crippen LogP contribution in [0.1, 0.15) is 52.7 Å². The first-order chi connectivity index (χ1) is 22.9. The molecule has 0 aliphatic carbocycles. The van der Waals surface area contributed by atoms with Gasteiger partial charge < -0.3 is 37.6 Å². The van der Waals surface area contributed by atoms with Crippen LogP contribution in [-0.4, -0.2) is 61.6 Å². The van der Waals surface area contributed by atoms with Crippen molar-refractivity contribution in [3.8, 4) is 11.3 Å². The Bertz CT molecular complexity index is 1750. The number of nitrogens with two attached hydrogens (primary N) is 2. The Morgan fingerprint density at radius 2 is 1.56 bits per heavy atom. The number of hydrogen-bond donors (Lipinski definition) is 8. The van der Waals surface area contributed by atoms with Crippen LogP contribution < -0.4 is 33.0 Å². The molecule has 0 spiro atoms. The predicted octanol–water partition coefficient (Wildman–Crippen LogP) is 3.62. The zero-order valence-electron chi connectivity index (χ0n) is 28.2. The standard InChI is InChI=1S/C28H36N8O3.C2HF3O2.C2H4O2/c1-16(2)34-25-26(38)36(15-23(37)32-13-17-6-8-18(9-7-17)24(30)31)22(14-33-25)19-10-20(29)12-21(11-19)35-27(39)28(3,4)5;3-2(4,5)1(6)7;1-2(3)4/h6-12,14,16H,13,15,29H2,1-5H3,(H3,30,31)(H,32,37)(H,33,34)(H,35,39);(H,6,7);1H3,(H,3,4). The van der Waals surface area contributed by atoms with Crippen LogP contribution >= 0.6 is 0 Å². The van der Waals surface area contributed by atoms with Crippen LogP contribution in [0.25, 0.3) is 11.3 Å². The van der Waals surface area contributed by atoms with Gasteiger partial charge in [0, 0.05) is 47.4 Å². The Hall–Kier alpha value is -5.94. The first-order valence-corrected chi connectivity index (χ1v) is 14.7. The monoisotopic (exact) mass is 706 g/mol. The molecule has 0 fully saturated rings. The fourth-order valence-electron chi connectivity index (χ4n) is 3.64. The van der Waals surface area contributed by atoms with Crippen molar-refractivity contribution in [1.82, 2.24) is 14.9 Å². The van der Waals surface area contributed by atoms with Crippen LogP contribution in [0.15, 0.2) is 53.5 Å². The number of aliphatic carboxylic acids is 2. The summed E-state index contributed by atoms with van der Waals surface area (Å²) in [6.45, 7) is 10.2. The number of nitrogens with one attached hydrogen (secondary N) is 4. The molecule has 3 aromatic rings. The summed E-state index contributed by atoms with van der Waals surface area (Å²) in [7, 11) is 0. The molecule has 3 rings (SSSR count). The lowest BCUT2D eigenvalue weighted by atomic mass is 9.95. The van der Waals surface area contributed by atoms with Crippen molar-refractivity contribution in [1.29, 1.82) is 5.41 Å². The number of alkyl halides is 3. The van der Waals surface area contributed by atoms with Gasteiger partial charge in [0.25, 0.3) is 11.5 Å². The maximum absolute atomic E-state index is 13.4. The molecule has 0 saturated carbocycles. The van der Waals surface area contributed by atoms with E-state index in [-0.39, 0.29) is 42.6 Å². The number of nitrogen functional groups attached to an aromatic ring is 2. The Morgan fingerprint density at radius 3 is 2.02 bits per heavy atom. The molecule has 2 amide bonds. The Balaban J connectivity index is 0.000000983. The number of benzene rings is 2. The van der Waals surface area contributed by atoms with E-state index in [1.807, 2.05) is 13.8 Å². The fourth-order valence-corrected chi connectivity index (χ4v) is 3.64. The van der Waals surface area contributed by atoms with Gasteiger partial charge in [-0.05, 0) is 37.6 Å². The highest BCUT2D eigenvalue weighted by Gasteiger charge is 2.38. The van der Waals surface area contributed by atoms with Crippen molar-refractivity contribution < 1.29 is 42.6 Å². The highest BCUT2D eigenvalue weighted by atomic mass is 19.4. The zero-order chi connectivity index (χ0) is 38.6. The van der Waals surface area contributed by atoms with Crippen LogP contribution in [0.4, 0.5) is 30.4 Å². The van der Waals surface area contributed by atoms with Gasteiger partial charge in [0.05, 0.1) is 11.9 Å². The molecule has 0 aliphatic heterocycles. The number of rotatable bonds is 9. The number of nitrogens with zero attached hydrogens (tertiary/aromatic N) is 2. The number of carbonyl (C=O) groups is 4. The van der Waals surface area contributed by atoms with Crippen molar-refractivity contribution in [3.05, 3.63) is 70.1 Å². The third-order valence-electron chi connectivity index (χ3n) is 5.97. The van der Waals surface area contributed by atoms with Gasteiger partial charge in [-0.25, -0.2) is 9.78 Å². The summed E-state index contributed by atoms with van der Waals surface area (Å²) in [5, 5.41) is 30.7. The van der Waals surface area contributed by atoms with Crippen molar-refractivity contribution >= 4 is 46.8 Å². The van der Waals surface area contributed by atoms with Crippen LogP contribution in [0.2, 0.25) is 0 Å². The quantitative estimate of drug-likeness (QED) is 0.0906. The number of halogens is 3. The normalized spacial score (nSPS) is 10.8. The molecule has 0 unspecified atom stereocenters. The molecule has 0 saturated heterocycles. The van der Waals surface area contributed by atoms with Crippen molar-refractivity contribution in [2.45, 2.75) is 66.9 Å². The minimum absolute atomic E-state index is 0.0383. The largest absolute Gasteiger partial charge is 0.490 e. The molecule has 0 bridgehead atoms. The summed E-state index contributed by atoms with van der Waals surface area (Å²) in [6.07, 6.45) is -3.58. The summed E-state index contributed by atoms with van der Waals surface area (Å²) in [6, 6.07) is 11.9. The molecule has 1 heterocycles. The summed E-state index contributed by atoms with van der Waals surface area (Å²) in [4.78, 5) is 61.1. The number of carboxylic acid groups (broad SMARTS) is 2. The molecule has 272 valence electrons. The van der Waals surface area contributed by atoms with E-state index in [4.69, 9.17) is 36.7 Å². The highest BCUT2D eigenvalue weighted by Crippen LogP contribution is 2.27. The van der Waals surface area contributed by atoms with Crippen molar-refractivity contribution in [2.24, 2.45) is 11.1 Å². The van der Waals surface area contributed by atoms with E-state index >= 15 is 0 Å². The smallest absolute Gasteiger partial charge is 0.481 e. The molecular formula is C32H41F3N8O7. The van der Waals surface area contributed by atoms with E-state index < -0.39 is 29.1 Å².